The molecule has 0 unspecified atom stereocenters. The van der Waals surface area contributed by atoms with Gasteiger partial charge in [-0.25, -0.2) is 4.98 Å². The van der Waals surface area contributed by atoms with E-state index in [2.05, 4.69) is 20.8 Å². The highest BCUT2D eigenvalue weighted by Crippen LogP contribution is 2.16. The lowest BCUT2D eigenvalue weighted by molar-refractivity contribution is -0.115. The van der Waals surface area contributed by atoms with Gasteiger partial charge in [0.25, 0.3) is 0 Å². The Balaban J connectivity index is 2.01. The molecular formula is C12H14N4O2. The predicted octanol–water partition coefficient (Wildman–Crippen LogP) is 2.47. The maximum Gasteiger partial charge on any atom is 0.225 e. The molecular weight excluding hydrogens is 232 g/mol. The quantitative estimate of drug-likeness (QED) is 0.866. The molecule has 6 nitrogen and oxygen atoms in total. The zero-order chi connectivity index (χ0) is 13.0. The second kappa shape index (κ2) is 5.31. The van der Waals surface area contributed by atoms with Crippen LogP contribution in [0, 0.1) is 6.92 Å². The third-order valence-electron chi connectivity index (χ3n) is 2.25. The van der Waals surface area contributed by atoms with Gasteiger partial charge >= 0.3 is 0 Å². The van der Waals surface area contributed by atoms with Gasteiger partial charge in [0.1, 0.15) is 11.6 Å². The van der Waals surface area contributed by atoms with Crippen LogP contribution < -0.4 is 10.6 Å². The average molecular weight is 246 g/mol. The van der Waals surface area contributed by atoms with E-state index in [-0.39, 0.29) is 5.91 Å². The first kappa shape index (κ1) is 12.1. The lowest BCUT2D eigenvalue weighted by Gasteiger charge is -2.04. The SMILES string of the molecule is CCC(=O)Nc1ccc(Nc2cc(C)on2)cn1. The molecule has 18 heavy (non-hydrogen) atoms. The zero-order valence-electron chi connectivity index (χ0n) is 10.2. The number of amides is 1. The molecule has 2 aromatic rings. The van der Waals surface area contributed by atoms with Crippen molar-refractivity contribution in [3.8, 4) is 0 Å². The normalized spacial score (nSPS) is 10.1. The molecule has 94 valence electrons. The first-order chi connectivity index (χ1) is 8.67. The van der Waals surface area contributed by atoms with Crippen molar-refractivity contribution in [1.82, 2.24) is 10.1 Å². The largest absolute Gasteiger partial charge is 0.360 e. The van der Waals surface area contributed by atoms with Crippen molar-refractivity contribution in [3.63, 3.8) is 0 Å². The molecule has 2 heterocycles. The topological polar surface area (TPSA) is 80.0 Å². The Morgan fingerprint density at radius 2 is 2.22 bits per heavy atom. The smallest absolute Gasteiger partial charge is 0.225 e. The summed E-state index contributed by atoms with van der Waals surface area (Å²) in [5, 5.41) is 9.53. The number of anilines is 3. The molecule has 0 aliphatic heterocycles. The summed E-state index contributed by atoms with van der Waals surface area (Å²) in [5.74, 6) is 1.83. The van der Waals surface area contributed by atoms with Gasteiger partial charge in [-0.05, 0) is 19.1 Å². The Bertz CT molecular complexity index is 533. The van der Waals surface area contributed by atoms with Gasteiger partial charge in [-0.3, -0.25) is 4.79 Å². The van der Waals surface area contributed by atoms with Gasteiger partial charge in [0.05, 0.1) is 11.9 Å². The maximum absolute atomic E-state index is 11.2. The summed E-state index contributed by atoms with van der Waals surface area (Å²) in [4.78, 5) is 15.3. The van der Waals surface area contributed by atoms with Gasteiger partial charge in [0.15, 0.2) is 5.82 Å². The van der Waals surface area contributed by atoms with Gasteiger partial charge in [0.2, 0.25) is 5.91 Å². The first-order valence-corrected chi connectivity index (χ1v) is 5.63. The Labute approximate surface area is 104 Å². The third-order valence-corrected chi connectivity index (χ3v) is 2.25. The highest BCUT2D eigenvalue weighted by Gasteiger charge is 2.02. The molecule has 0 aromatic carbocycles. The average Bonchev–Trinajstić information content (AvgIpc) is 2.77. The Kier molecular flexibility index (Phi) is 3.57. The fourth-order valence-electron chi connectivity index (χ4n) is 1.35. The molecule has 2 rings (SSSR count). The Hall–Kier alpha value is -2.37. The molecule has 0 saturated carbocycles. The number of hydrogen-bond donors (Lipinski definition) is 2. The van der Waals surface area contributed by atoms with Crippen LogP contribution in [-0.2, 0) is 4.79 Å². The number of hydrogen-bond acceptors (Lipinski definition) is 5. The summed E-state index contributed by atoms with van der Waals surface area (Å²) in [6.07, 6.45) is 2.05. The molecule has 0 spiro atoms. The number of carbonyl (C=O) groups excluding carboxylic acids is 1. The number of nitrogens with one attached hydrogen (secondary N) is 2. The highest BCUT2D eigenvalue weighted by molar-refractivity contribution is 5.89. The second-order valence-corrected chi connectivity index (χ2v) is 3.78. The number of rotatable bonds is 4. The summed E-state index contributed by atoms with van der Waals surface area (Å²) in [7, 11) is 0. The standard InChI is InChI=1S/C12H14N4O2/c1-3-12(17)15-10-5-4-9(7-13-10)14-11-6-8(2)18-16-11/h4-7H,3H2,1-2H3,(H,14,16)(H,13,15,17). The summed E-state index contributed by atoms with van der Waals surface area (Å²) in [6.45, 7) is 3.61. The van der Waals surface area contributed by atoms with Crippen molar-refractivity contribution in [2.75, 3.05) is 10.6 Å². The van der Waals surface area contributed by atoms with Crippen LogP contribution in [-0.4, -0.2) is 16.0 Å². The molecule has 0 aliphatic rings. The second-order valence-electron chi connectivity index (χ2n) is 3.78. The van der Waals surface area contributed by atoms with Gasteiger partial charge < -0.3 is 15.2 Å². The summed E-state index contributed by atoms with van der Waals surface area (Å²) in [6, 6.07) is 5.32. The number of aromatic nitrogens is 2. The zero-order valence-corrected chi connectivity index (χ0v) is 10.2. The molecule has 0 saturated heterocycles. The third kappa shape index (κ3) is 3.07. The molecule has 0 aliphatic carbocycles. The first-order valence-electron chi connectivity index (χ1n) is 5.63. The van der Waals surface area contributed by atoms with Crippen molar-refractivity contribution in [2.24, 2.45) is 0 Å². The molecule has 1 amide bonds. The van der Waals surface area contributed by atoms with E-state index in [1.165, 1.54) is 0 Å². The van der Waals surface area contributed by atoms with Gasteiger partial charge in [-0.2, -0.15) is 0 Å². The van der Waals surface area contributed by atoms with E-state index in [0.29, 0.717) is 18.1 Å². The van der Waals surface area contributed by atoms with Crippen LogP contribution in [0.5, 0.6) is 0 Å². The van der Waals surface area contributed by atoms with Crippen LogP contribution in [0.1, 0.15) is 19.1 Å². The fraction of sp³-hybridized carbons (Fsp3) is 0.250. The molecule has 6 heteroatoms. The highest BCUT2D eigenvalue weighted by atomic mass is 16.5. The van der Waals surface area contributed by atoms with E-state index in [0.717, 1.165) is 11.4 Å². The van der Waals surface area contributed by atoms with E-state index >= 15 is 0 Å². The van der Waals surface area contributed by atoms with E-state index in [9.17, 15) is 4.79 Å². The molecule has 0 fully saturated rings. The summed E-state index contributed by atoms with van der Waals surface area (Å²) >= 11 is 0. The lowest BCUT2D eigenvalue weighted by Crippen LogP contribution is -2.10. The van der Waals surface area contributed by atoms with Crippen LogP contribution in [0.25, 0.3) is 0 Å². The number of pyridine rings is 1. The molecule has 0 bridgehead atoms. The minimum Gasteiger partial charge on any atom is -0.360 e. The van der Waals surface area contributed by atoms with Crippen molar-refractivity contribution >= 4 is 23.2 Å². The Morgan fingerprint density at radius 1 is 1.39 bits per heavy atom. The fourth-order valence-corrected chi connectivity index (χ4v) is 1.35. The lowest BCUT2D eigenvalue weighted by atomic mass is 10.3. The van der Waals surface area contributed by atoms with Crippen LogP contribution in [0.3, 0.4) is 0 Å². The molecule has 2 aromatic heterocycles. The number of aryl methyl sites for hydroxylation is 1. The molecule has 0 radical (unpaired) electrons. The van der Waals surface area contributed by atoms with Gasteiger partial charge in [-0.15, -0.1) is 0 Å². The van der Waals surface area contributed by atoms with E-state index in [1.54, 1.807) is 25.3 Å². The predicted molar refractivity (Wildman–Crippen MR) is 67.7 cm³/mol. The molecule has 2 N–H and O–H groups in total. The van der Waals surface area contributed by atoms with E-state index < -0.39 is 0 Å². The van der Waals surface area contributed by atoms with Crippen LogP contribution in [0.4, 0.5) is 17.3 Å². The Morgan fingerprint density at radius 3 is 2.78 bits per heavy atom. The van der Waals surface area contributed by atoms with Crippen molar-refractivity contribution in [1.29, 1.82) is 0 Å². The van der Waals surface area contributed by atoms with Crippen LogP contribution in [0.15, 0.2) is 28.9 Å². The van der Waals surface area contributed by atoms with Gasteiger partial charge in [-0.1, -0.05) is 12.1 Å². The van der Waals surface area contributed by atoms with Crippen molar-refractivity contribution in [3.05, 3.63) is 30.2 Å². The summed E-state index contributed by atoms with van der Waals surface area (Å²) in [5.41, 5.74) is 0.776. The number of carbonyl (C=O) groups is 1. The minimum atomic E-state index is -0.0599. The van der Waals surface area contributed by atoms with Crippen molar-refractivity contribution < 1.29 is 9.32 Å². The van der Waals surface area contributed by atoms with Crippen LogP contribution in [0.2, 0.25) is 0 Å². The van der Waals surface area contributed by atoms with Crippen molar-refractivity contribution in [2.45, 2.75) is 20.3 Å². The molecule has 0 atom stereocenters. The van der Waals surface area contributed by atoms with E-state index in [4.69, 9.17) is 4.52 Å². The maximum atomic E-state index is 11.2. The summed E-state index contributed by atoms with van der Waals surface area (Å²) < 4.78 is 4.94. The minimum absolute atomic E-state index is 0.0599. The number of nitrogens with zero attached hydrogens (tertiary/aromatic N) is 2. The monoisotopic (exact) mass is 246 g/mol. The van der Waals surface area contributed by atoms with Crippen LogP contribution >= 0.6 is 0 Å². The van der Waals surface area contributed by atoms with Gasteiger partial charge in [0, 0.05) is 12.5 Å². The van der Waals surface area contributed by atoms with E-state index in [1.807, 2.05) is 13.0 Å².